The zero-order valence-electron chi connectivity index (χ0n) is 5.56. The minimum Gasteiger partial charge on any atom is -0.480 e. The maximum atomic E-state index is 9.94. The number of aliphatic carboxylic acids is 1. The van der Waals surface area contributed by atoms with Crippen LogP contribution in [0.2, 0.25) is 0 Å². The molecule has 11 heavy (non-hydrogen) atoms. The van der Waals surface area contributed by atoms with Crippen molar-refractivity contribution in [3.05, 3.63) is 12.2 Å². The van der Waals surface area contributed by atoms with Crippen LogP contribution < -0.4 is 0 Å². The summed E-state index contributed by atoms with van der Waals surface area (Å²) in [7, 11) is 0. The van der Waals surface area contributed by atoms with Gasteiger partial charge in [-0.3, -0.25) is 0 Å². The number of carboxylic acids is 1. The molecule has 0 unspecified atom stereocenters. The highest BCUT2D eigenvalue weighted by Gasteiger charge is 2.00. The number of carbonyl (C=O) groups is 1. The molecule has 0 atom stereocenters. The van der Waals surface area contributed by atoms with Crippen molar-refractivity contribution in [3.8, 4) is 0 Å². The second kappa shape index (κ2) is 3.67. The third kappa shape index (κ3) is 2.76. The maximum absolute atomic E-state index is 9.94. The first-order valence-electron chi connectivity index (χ1n) is 2.84. The topological polar surface area (TPSA) is 85.5 Å². The maximum Gasteiger partial charge on any atom is 0.329 e. The van der Waals surface area contributed by atoms with E-state index in [0.717, 1.165) is 0 Å². The van der Waals surface area contributed by atoms with Crippen molar-refractivity contribution in [2.45, 2.75) is 6.61 Å². The van der Waals surface area contributed by atoms with Gasteiger partial charge in [0.15, 0.2) is 6.33 Å². The molecule has 0 aliphatic rings. The fraction of sp³-hybridized carbons (Fsp3) is 0.400. The summed E-state index contributed by atoms with van der Waals surface area (Å²) < 4.78 is 9.18. The molecule has 0 aliphatic heterocycles. The molecular weight excluding hydrogens is 152 g/mol. The van der Waals surface area contributed by atoms with Crippen LogP contribution in [0.25, 0.3) is 0 Å². The number of hydrogen-bond acceptors (Lipinski definition) is 5. The number of hydrogen-bond donors (Lipinski definition) is 1. The fourth-order valence-electron chi connectivity index (χ4n) is 0.485. The molecule has 0 saturated heterocycles. The fourth-order valence-corrected chi connectivity index (χ4v) is 0.485. The van der Waals surface area contributed by atoms with Gasteiger partial charge in [0.1, 0.15) is 13.2 Å². The third-order valence-corrected chi connectivity index (χ3v) is 0.858. The molecule has 0 fully saturated rings. The Morgan fingerprint density at radius 2 is 2.64 bits per heavy atom. The van der Waals surface area contributed by atoms with Crippen LogP contribution in [-0.2, 0) is 16.1 Å². The van der Waals surface area contributed by atoms with E-state index in [1.807, 2.05) is 0 Å². The highest BCUT2D eigenvalue weighted by molar-refractivity contribution is 5.67. The molecule has 0 bridgehead atoms. The van der Waals surface area contributed by atoms with E-state index >= 15 is 0 Å². The van der Waals surface area contributed by atoms with E-state index in [4.69, 9.17) is 5.11 Å². The Morgan fingerprint density at radius 3 is 3.18 bits per heavy atom. The van der Waals surface area contributed by atoms with Crippen LogP contribution in [0, 0.1) is 0 Å². The highest BCUT2D eigenvalue weighted by atomic mass is 16.5. The number of aromatic nitrogens is 2. The predicted octanol–water partition coefficient (Wildman–Crippen LogP) is -0.329. The molecule has 0 amide bonds. The van der Waals surface area contributed by atoms with Gasteiger partial charge in [0.2, 0.25) is 0 Å². The van der Waals surface area contributed by atoms with Gasteiger partial charge in [-0.05, 0) is 0 Å². The summed E-state index contributed by atoms with van der Waals surface area (Å²) in [4.78, 5) is 13.6. The van der Waals surface area contributed by atoms with E-state index in [9.17, 15) is 4.79 Å². The van der Waals surface area contributed by atoms with Gasteiger partial charge in [-0.15, -0.1) is 0 Å². The Labute approximate surface area is 61.8 Å². The summed E-state index contributed by atoms with van der Waals surface area (Å²) in [5.41, 5.74) is 0. The standard InChI is InChI=1S/C5H6N2O4/c8-5(9)2-10-1-4-6-3-7-11-4/h3H,1-2H2,(H,8,9). The molecule has 6 nitrogen and oxygen atoms in total. The largest absolute Gasteiger partial charge is 0.480 e. The van der Waals surface area contributed by atoms with E-state index in [0.29, 0.717) is 0 Å². The first-order valence-corrected chi connectivity index (χ1v) is 2.84. The van der Waals surface area contributed by atoms with E-state index in [2.05, 4.69) is 19.4 Å². The first-order chi connectivity index (χ1) is 5.29. The van der Waals surface area contributed by atoms with E-state index in [1.165, 1.54) is 6.33 Å². The summed E-state index contributed by atoms with van der Waals surface area (Å²) in [5, 5.41) is 11.5. The van der Waals surface area contributed by atoms with Crippen LogP contribution in [0.5, 0.6) is 0 Å². The van der Waals surface area contributed by atoms with Gasteiger partial charge in [-0.2, -0.15) is 4.98 Å². The molecule has 0 aromatic carbocycles. The number of carboxylic acid groups (broad SMARTS) is 1. The normalized spacial score (nSPS) is 9.82. The van der Waals surface area contributed by atoms with Crippen LogP contribution in [0.1, 0.15) is 5.89 Å². The molecule has 1 rings (SSSR count). The Morgan fingerprint density at radius 1 is 1.82 bits per heavy atom. The van der Waals surface area contributed by atoms with Crippen molar-refractivity contribution in [3.63, 3.8) is 0 Å². The average Bonchev–Trinajstić information content (AvgIpc) is 2.39. The molecule has 1 aromatic heterocycles. The van der Waals surface area contributed by atoms with Crippen LogP contribution >= 0.6 is 0 Å². The monoisotopic (exact) mass is 158 g/mol. The van der Waals surface area contributed by atoms with Gasteiger partial charge in [-0.1, -0.05) is 5.16 Å². The molecule has 6 heteroatoms. The second-order valence-electron chi connectivity index (χ2n) is 1.72. The lowest BCUT2D eigenvalue weighted by atomic mass is 10.7. The Hall–Kier alpha value is -1.43. The zero-order valence-corrected chi connectivity index (χ0v) is 5.56. The van der Waals surface area contributed by atoms with Gasteiger partial charge in [-0.25, -0.2) is 4.79 Å². The summed E-state index contributed by atoms with van der Waals surface area (Å²) in [6.45, 7) is -0.325. The summed E-state index contributed by atoms with van der Waals surface area (Å²) >= 11 is 0. The molecule has 60 valence electrons. The van der Waals surface area contributed by atoms with Gasteiger partial charge >= 0.3 is 5.97 Å². The van der Waals surface area contributed by atoms with Crippen LogP contribution in [0.3, 0.4) is 0 Å². The van der Waals surface area contributed by atoms with E-state index in [1.54, 1.807) is 0 Å². The first kappa shape index (κ1) is 7.67. The van der Waals surface area contributed by atoms with Crippen molar-refractivity contribution < 1.29 is 19.2 Å². The van der Waals surface area contributed by atoms with Crippen LogP contribution in [0.4, 0.5) is 0 Å². The average molecular weight is 158 g/mol. The minimum atomic E-state index is -1.02. The smallest absolute Gasteiger partial charge is 0.329 e. The molecule has 0 radical (unpaired) electrons. The highest BCUT2D eigenvalue weighted by Crippen LogP contribution is 1.92. The van der Waals surface area contributed by atoms with Crippen molar-refractivity contribution in [1.29, 1.82) is 0 Å². The lowest BCUT2D eigenvalue weighted by molar-refractivity contribution is -0.142. The van der Waals surface area contributed by atoms with Crippen molar-refractivity contribution in [2.75, 3.05) is 6.61 Å². The molecular formula is C5H6N2O4. The van der Waals surface area contributed by atoms with Crippen LogP contribution in [0.15, 0.2) is 10.9 Å². The van der Waals surface area contributed by atoms with Crippen molar-refractivity contribution in [1.82, 2.24) is 10.1 Å². The lowest BCUT2D eigenvalue weighted by Gasteiger charge is -1.93. The molecule has 1 N–H and O–H groups in total. The van der Waals surface area contributed by atoms with Gasteiger partial charge in [0.05, 0.1) is 0 Å². The Balaban J connectivity index is 2.19. The van der Waals surface area contributed by atoms with Gasteiger partial charge in [0.25, 0.3) is 5.89 Å². The molecule has 0 aliphatic carbocycles. The molecule has 1 heterocycles. The van der Waals surface area contributed by atoms with Crippen LogP contribution in [-0.4, -0.2) is 27.8 Å². The summed E-state index contributed by atoms with van der Waals surface area (Å²) in [5.74, 6) is -0.754. The molecule has 0 spiro atoms. The summed E-state index contributed by atoms with van der Waals surface area (Å²) in [6.07, 6.45) is 1.22. The number of ether oxygens (including phenoxy) is 1. The second-order valence-corrected chi connectivity index (χ2v) is 1.72. The van der Waals surface area contributed by atoms with E-state index < -0.39 is 5.97 Å². The third-order valence-electron chi connectivity index (χ3n) is 0.858. The predicted molar refractivity (Wildman–Crippen MR) is 31.6 cm³/mol. The van der Waals surface area contributed by atoms with Crippen molar-refractivity contribution >= 4 is 5.97 Å². The number of nitrogens with zero attached hydrogens (tertiary/aromatic N) is 2. The Kier molecular flexibility index (Phi) is 2.56. The van der Waals surface area contributed by atoms with Gasteiger partial charge in [0, 0.05) is 0 Å². The van der Waals surface area contributed by atoms with Crippen molar-refractivity contribution in [2.24, 2.45) is 0 Å². The zero-order chi connectivity index (χ0) is 8.10. The van der Waals surface area contributed by atoms with Gasteiger partial charge < -0.3 is 14.4 Å². The summed E-state index contributed by atoms with van der Waals surface area (Å²) in [6, 6.07) is 0. The van der Waals surface area contributed by atoms with E-state index in [-0.39, 0.29) is 19.1 Å². The SMILES string of the molecule is O=C(O)COCc1ncno1. The lowest BCUT2D eigenvalue weighted by Crippen LogP contribution is -2.06. The number of rotatable bonds is 4. The minimum absolute atomic E-state index is 0.0340. The molecule has 0 saturated carbocycles. The quantitative estimate of drug-likeness (QED) is 0.645. The molecule has 1 aromatic rings. The Bertz CT molecular complexity index is 220.